The second-order valence-electron chi connectivity index (χ2n) is 8.02. The van der Waals surface area contributed by atoms with Crippen LogP contribution in [0.25, 0.3) is 10.1 Å². The summed E-state index contributed by atoms with van der Waals surface area (Å²) in [7, 11) is 0. The van der Waals surface area contributed by atoms with Crippen LogP contribution in [0.1, 0.15) is 50.7 Å². The van der Waals surface area contributed by atoms with E-state index >= 15 is 0 Å². The van der Waals surface area contributed by atoms with Crippen molar-refractivity contribution in [2.45, 2.75) is 25.7 Å². The molecule has 2 aliphatic rings. The predicted octanol–water partition coefficient (Wildman–Crippen LogP) is 3.55. The third kappa shape index (κ3) is 3.74. The van der Waals surface area contributed by atoms with Gasteiger partial charge in [-0.3, -0.25) is 9.59 Å². The van der Waals surface area contributed by atoms with Gasteiger partial charge in [0.25, 0.3) is 11.8 Å². The molecule has 31 heavy (non-hydrogen) atoms. The second kappa shape index (κ2) is 8.43. The molecule has 5 rings (SSSR count). The number of fused-ring (bicyclic) bond motifs is 1. The van der Waals surface area contributed by atoms with E-state index < -0.39 is 0 Å². The van der Waals surface area contributed by atoms with E-state index in [-0.39, 0.29) is 23.5 Å². The van der Waals surface area contributed by atoms with Gasteiger partial charge in [-0.1, -0.05) is 30.3 Å². The van der Waals surface area contributed by atoms with E-state index in [1.165, 1.54) is 0 Å². The molecule has 0 aliphatic carbocycles. The van der Waals surface area contributed by atoms with Gasteiger partial charge in [-0.25, -0.2) is 0 Å². The molecule has 2 aliphatic heterocycles. The molecule has 8 heteroatoms. The zero-order valence-corrected chi connectivity index (χ0v) is 18.3. The van der Waals surface area contributed by atoms with Gasteiger partial charge in [0.15, 0.2) is 0 Å². The Hall–Kier alpha value is -2.71. The van der Waals surface area contributed by atoms with E-state index in [0.29, 0.717) is 39.4 Å². The van der Waals surface area contributed by atoms with Crippen LogP contribution in [0.4, 0.5) is 0 Å². The Morgan fingerprint density at radius 1 is 1.13 bits per heavy atom. The number of carbonyl (C=O) groups is 2. The minimum atomic E-state index is -0.129. The highest BCUT2D eigenvalue weighted by Gasteiger charge is 2.35. The molecule has 7 nitrogen and oxygen atoms in total. The zero-order chi connectivity index (χ0) is 21.4. The lowest BCUT2D eigenvalue weighted by molar-refractivity contribution is 0.0305. The van der Waals surface area contributed by atoms with Gasteiger partial charge in [0.1, 0.15) is 0 Å². The SMILES string of the molecule is CCc1cc(C(=O)N2CC[C@@H](c3c(C(=O)N4CCOCC4)sc4ccccc34)C2)on1. The Kier molecular flexibility index (Phi) is 5.50. The summed E-state index contributed by atoms with van der Waals surface area (Å²) in [6, 6.07) is 9.90. The smallest absolute Gasteiger partial charge is 0.292 e. The largest absolute Gasteiger partial charge is 0.378 e. The molecule has 4 heterocycles. The van der Waals surface area contributed by atoms with Gasteiger partial charge in [-0.2, -0.15) is 0 Å². The number of benzene rings is 1. The van der Waals surface area contributed by atoms with Crippen LogP contribution in [0.15, 0.2) is 34.9 Å². The third-order valence-electron chi connectivity index (χ3n) is 6.14. The van der Waals surface area contributed by atoms with E-state index in [1.807, 2.05) is 28.9 Å². The van der Waals surface area contributed by atoms with Crippen LogP contribution in [0.5, 0.6) is 0 Å². The summed E-state index contributed by atoms with van der Waals surface area (Å²) < 4.78 is 11.8. The number of ether oxygens (including phenoxy) is 1. The minimum Gasteiger partial charge on any atom is -0.378 e. The molecule has 0 N–H and O–H groups in total. The number of aryl methyl sites for hydroxylation is 1. The van der Waals surface area contributed by atoms with Crippen LogP contribution in [0.2, 0.25) is 0 Å². The van der Waals surface area contributed by atoms with Crippen molar-refractivity contribution >= 4 is 33.2 Å². The van der Waals surface area contributed by atoms with Crippen molar-refractivity contribution in [1.29, 1.82) is 0 Å². The topological polar surface area (TPSA) is 75.9 Å². The molecule has 2 saturated heterocycles. The summed E-state index contributed by atoms with van der Waals surface area (Å²) in [6.45, 7) is 5.59. The van der Waals surface area contributed by atoms with Gasteiger partial charge in [0, 0.05) is 42.9 Å². The van der Waals surface area contributed by atoms with Crippen LogP contribution in [-0.4, -0.2) is 66.2 Å². The van der Waals surface area contributed by atoms with Crippen molar-refractivity contribution in [3.8, 4) is 0 Å². The van der Waals surface area contributed by atoms with Gasteiger partial charge in [-0.15, -0.1) is 11.3 Å². The number of morpholine rings is 1. The summed E-state index contributed by atoms with van der Waals surface area (Å²) in [5.74, 6) is 0.355. The molecule has 2 aromatic heterocycles. The Morgan fingerprint density at radius 3 is 2.71 bits per heavy atom. The van der Waals surface area contributed by atoms with Crippen molar-refractivity contribution in [3.05, 3.63) is 52.2 Å². The van der Waals surface area contributed by atoms with Crippen molar-refractivity contribution in [2.24, 2.45) is 0 Å². The molecular weight excluding hydrogens is 414 g/mol. The number of rotatable bonds is 4. The molecular formula is C23H25N3O4S. The molecule has 0 saturated carbocycles. The Balaban J connectivity index is 1.44. The monoisotopic (exact) mass is 439 g/mol. The summed E-state index contributed by atoms with van der Waals surface area (Å²) in [5, 5.41) is 5.07. The van der Waals surface area contributed by atoms with Crippen LogP contribution < -0.4 is 0 Å². The van der Waals surface area contributed by atoms with Crippen LogP contribution in [-0.2, 0) is 11.2 Å². The first-order valence-electron chi connectivity index (χ1n) is 10.8. The third-order valence-corrected chi connectivity index (χ3v) is 7.32. The number of hydrogen-bond donors (Lipinski definition) is 0. The first-order valence-corrected chi connectivity index (χ1v) is 11.6. The van der Waals surface area contributed by atoms with Gasteiger partial charge in [0.05, 0.1) is 23.8 Å². The standard InChI is InChI=1S/C23H25N3O4S/c1-2-16-13-18(30-24-16)22(27)26-8-7-15(14-26)20-17-5-3-4-6-19(17)31-21(20)23(28)25-9-11-29-12-10-25/h3-6,13,15H,2,7-12,14H2,1H3/t15-/m1/s1. The number of hydrogen-bond acceptors (Lipinski definition) is 6. The van der Waals surface area contributed by atoms with Gasteiger partial charge in [0.2, 0.25) is 5.76 Å². The number of nitrogens with zero attached hydrogens (tertiary/aromatic N) is 3. The fourth-order valence-corrected chi connectivity index (χ4v) is 5.71. The fraction of sp³-hybridized carbons (Fsp3) is 0.435. The van der Waals surface area contributed by atoms with Crippen molar-refractivity contribution in [3.63, 3.8) is 0 Å². The van der Waals surface area contributed by atoms with Gasteiger partial charge >= 0.3 is 0 Å². The van der Waals surface area contributed by atoms with Crippen LogP contribution in [0.3, 0.4) is 0 Å². The second-order valence-corrected chi connectivity index (χ2v) is 9.07. The molecule has 1 aromatic carbocycles. The Labute approximate surface area is 184 Å². The number of likely N-dealkylation sites (tertiary alicyclic amines) is 1. The Bertz CT molecular complexity index is 1120. The minimum absolute atomic E-state index is 0.0760. The highest BCUT2D eigenvalue weighted by atomic mass is 32.1. The van der Waals surface area contributed by atoms with E-state index in [2.05, 4.69) is 17.3 Å². The molecule has 2 fully saturated rings. The molecule has 0 radical (unpaired) electrons. The quantitative estimate of drug-likeness (QED) is 0.621. The first-order chi connectivity index (χ1) is 15.2. The van der Waals surface area contributed by atoms with Crippen molar-refractivity contribution in [1.82, 2.24) is 15.0 Å². The van der Waals surface area contributed by atoms with Crippen molar-refractivity contribution < 1.29 is 18.8 Å². The van der Waals surface area contributed by atoms with E-state index in [0.717, 1.165) is 39.1 Å². The average molecular weight is 440 g/mol. The maximum Gasteiger partial charge on any atom is 0.292 e. The molecule has 1 atom stereocenters. The number of thiophene rings is 1. The highest BCUT2D eigenvalue weighted by Crippen LogP contribution is 2.41. The van der Waals surface area contributed by atoms with E-state index in [1.54, 1.807) is 17.4 Å². The Morgan fingerprint density at radius 2 is 1.94 bits per heavy atom. The lowest BCUT2D eigenvalue weighted by Crippen LogP contribution is -2.40. The predicted molar refractivity (Wildman–Crippen MR) is 118 cm³/mol. The molecule has 0 unspecified atom stereocenters. The van der Waals surface area contributed by atoms with E-state index in [9.17, 15) is 9.59 Å². The van der Waals surface area contributed by atoms with Crippen molar-refractivity contribution in [2.75, 3.05) is 39.4 Å². The molecule has 3 aromatic rings. The van der Waals surface area contributed by atoms with Crippen LogP contribution in [0, 0.1) is 0 Å². The number of aromatic nitrogens is 1. The lowest BCUT2D eigenvalue weighted by atomic mass is 9.94. The van der Waals surface area contributed by atoms with E-state index in [4.69, 9.17) is 9.26 Å². The molecule has 0 spiro atoms. The molecule has 0 bridgehead atoms. The zero-order valence-electron chi connectivity index (χ0n) is 17.5. The normalized spacial score (nSPS) is 19.3. The number of carbonyl (C=O) groups excluding carboxylic acids is 2. The first kappa shape index (κ1) is 20.2. The van der Waals surface area contributed by atoms with Crippen LogP contribution >= 0.6 is 11.3 Å². The molecule has 2 amide bonds. The maximum atomic E-state index is 13.4. The average Bonchev–Trinajstić information content (AvgIpc) is 3.56. The van der Waals surface area contributed by atoms with Gasteiger partial charge in [-0.05, 0) is 29.9 Å². The lowest BCUT2D eigenvalue weighted by Gasteiger charge is -2.27. The number of amides is 2. The molecule has 162 valence electrons. The highest BCUT2D eigenvalue weighted by molar-refractivity contribution is 7.21. The summed E-state index contributed by atoms with van der Waals surface area (Å²) in [6.07, 6.45) is 1.55. The summed E-state index contributed by atoms with van der Waals surface area (Å²) >= 11 is 1.56. The summed E-state index contributed by atoms with van der Waals surface area (Å²) in [5.41, 5.74) is 1.86. The fourth-order valence-electron chi connectivity index (χ4n) is 4.46. The summed E-state index contributed by atoms with van der Waals surface area (Å²) in [4.78, 5) is 30.8. The van der Waals surface area contributed by atoms with Gasteiger partial charge < -0.3 is 19.1 Å². The maximum absolute atomic E-state index is 13.4.